The van der Waals surface area contributed by atoms with Crippen LogP contribution >= 0.6 is 15.9 Å². The Kier molecular flexibility index (Phi) is 3.47. The fraction of sp³-hybridized carbons (Fsp3) is 0.909. The summed E-state index contributed by atoms with van der Waals surface area (Å²) in [5, 5.41) is 0.803. The summed E-state index contributed by atoms with van der Waals surface area (Å²) in [6.07, 6.45) is 6.01. The molecule has 0 atom stereocenters. The van der Waals surface area contributed by atoms with E-state index in [0.29, 0.717) is 12.3 Å². The third-order valence-electron chi connectivity index (χ3n) is 3.01. The molecule has 2 aliphatic carbocycles. The number of nitrogens with zero attached hydrogens (tertiary/aromatic N) is 1. The van der Waals surface area contributed by atoms with E-state index in [0.717, 1.165) is 30.3 Å². The average Bonchev–Trinajstić information content (AvgIpc) is 2.97. The first kappa shape index (κ1) is 10.5. The SMILES string of the molecule is O=C(CCBr)N(CC1CC1)CC1CC1. The number of halogens is 1. The van der Waals surface area contributed by atoms with Gasteiger partial charge in [0.05, 0.1) is 0 Å². The molecule has 1 amide bonds. The first-order chi connectivity index (χ1) is 6.79. The van der Waals surface area contributed by atoms with Gasteiger partial charge in [0.1, 0.15) is 0 Å². The number of amides is 1. The van der Waals surface area contributed by atoms with Crippen molar-refractivity contribution in [3.8, 4) is 0 Å². The zero-order valence-electron chi connectivity index (χ0n) is 8.54. The maximum atomic E-state index is 11.8. The second-order valence-corrected chi connectivity index (χ2v) is 5.42. The smallest absolute Gasteiger partial charge is 0.223 e. The van der Waals surface area contributed by atoms with Gasteiger partial charge < -0.3 is 4.90 Å². The Hall–Kier alpha value is -0.0500. The molecule has 0 unspecified atom stereocenters. The number of rotatable bonds is 6. The molecule has 80 valence electrons. The van der Waals surface area contributed by atoms with Gasteiger partial charge in [0, 0.05) is 24.8 Å². The quantitative estimate of drug-likeness (QED) is 0.672. The predicted octanol–water partition coefficient (Wildman–Crippen LogP) is 2.42. The molecule has 2 nitrogen and oxygen atoms in total. The summed E-state index contributed by atoms with van der Waals surface area (Å²) in [7, 11) is 0. The molecule has 0 spiro atoms. The van der Waals surface area contributed by atoms with Crippen molar-refractivity contribution in [2.75, 3.05) is 18.4 Å². The number of carbonyl (C=O) groups is 1. The van der Waals surface area contributed by atoms with Crippen LogP contribution in [0.3, 0.4) is 0 Å². The molecular formula is C11H18BrNO. The Morgan fingerprint density at radius 1 is 1.14 bits per heavy atom. The lowest BCUT2D eigenvalue weighted by Crippen LogP contribution is -2.34. The second kappa shape index (κ2) is 4.65. The number of alkyl halides is 1. The summed E-state index contributed by atoms with van der Waals surface area (Å²) in [4.78, 5) is 13.9. The van der Waals surface area contributed by atoms with Gasteiger partial charge in [-0.25, -0.2) is 0 Å². The van der Waals surface area contributed by atoms with Gasteiger partial charge in [-0.1, -0.05) is 15.9 Å². The van der Waals surface area contributed by atoms with Crippen molar-refractivity contribution in [3.63, 3.8) is 0 Å². The van der Waals surface area contributed by atoms with Gasteiger partial charge in [-0.2, -0.15) is 0 Å². The molecule has 0 aromatic carbocycles. The Labute approximate surface area is 94.2 Å². The van der Waals surface area contributed by atoms with Crippen LogP contribution in [0.4, 0.5) is 0 Å². The fourth-order valence-corrected chi connectivity index (χ4v) is 2.08. The van der Waals surface area contributed by atoms with Gasteiger partial charge in [-0.15, -0.1) is 0 Å². The lowest BCUT2D eigenvalue weighted by atomic mass is 10.3. The molecule has 2 aliphatic rings. The third kappa shape index (κ3) is 3.26. The van der Waals surface area contributed by atoms with Crippen molar-refractivity contribution < 1.29 is 4.79 Å². The highest BCUT2D eigenvalue weighted by atomic mass is 79.9. The van der Waals surface area contributed by atoms with E-state index in [2.05, 4.69) is 20.8 Å². The van der Waals surface area contributed by atoms with E-state index in [1.54, 1.807) is 0 Å². The predicted molar refractivity (Wildman–Crippen MR) is 60.4 cm³/mol. The summed E-state index contributed by atoms with van der Waals surface area (Å²) in [6.45, 7) is 2.06. The average molecular weight is 260 g/mol. The van der Waals surface area contributed by atoms with E-state index in [-0.39, 0.29) is 0 Å². The summed E-state index contributed by atoms with van der Waals surface area (Å²) in [5.74, 6) is 2.00. The van der Waals surface area contributed by atoms with Gasteiger partial charge >= 0.3 is 0 Å². The van der Waals surface area contributed by atoms with Crippen LogP contribution in [-0.4, -0.2) is 29.2 Å². The third-order valence-corrected chi connectivity index (χ3v) is 3.41. The Morgan fingerprint density at radius 2 is 1.64 bits per heavy atom. The van der Waals surface area contributed by atoms with Crippen molar-refractivity contribution in [3.05, 3.63) is 0 Å². The Morgan fingerprint density at radius 3 is 2.00 bits per heavy atom. The minimum atomic E-state index is 0.348. The molecule has 0 aromatic rings. The second-order valence-electron chi connectivity index (χ2n) is 4.62. The number of hydrogen-bond acceptors (Lipinski definition) is 1. The molecule has 2 saturated carbocycles. The highest BCUT2D eigenvalue weighted by molar-refractivity contribution is 9.09. The Balaban J connectivity index is 1.78. The van der Waals surface area contributed by atoms with Gasteiger partial charge in [0.2, 0.25) is 5.91 Å². The van der Waals surface area contributed by atoms with Crippen molar-refractivity contribution >= 4 is 21.8 Å². The molecule has 0 N–H and O–H groups in total. The molecular weight excluding hydrogens is 242 g/mol. The lowest BCUT2D eigenvalue weighted by Gasteiger charge is -2.22. The van der Waals surface area contributed by atoms with Crippen LogP contribution in [0.25, 0.3) is 0 Å². The van der Waals surface area contributed by atoms with E-state index in [4.69, 9.17) is 0 Å². The largest absolute Gasteiger partial charge is 0.342 e. The molecule has 0 heterocycles. The summed E-state index contributed by atoms with van der Waals surface area (Å²) < 4.78 is 0. The van der Waals surface area contributed by atoms with Crippen molar-refractivity contribution in [2.45, 2.75) is 32.1 Å². The highest BCUT2D eigenvalue weighted by Crippen LogP contribution is 2.33. The molecule has 0 radical (unpaired) electrons. The highest BCUT2D eigenvalue weighted by Gasteiger charge is 2.30. The van der Waals surface area contributed by atoms with E-state index in [9.17, 15) is 4.79 Å². The molecule has 2 fully saturated rings. The molecule has 0 saturated heterocycles. The van der Waals surface area contributed by atoms with Gasteiger partial charge in [-0.3, -0.25) is 4.79 Å². The van der Waals surface area contributed by atoms with Crippen molar-refractivity contribution in [2.24, 2.45) is 11.8 Å². The van der Waals surface area contributed by atoms with Crippen LogP contribution in [0.2, 0.25) is 0 Å². The van der Waals surface area contributed by atoms with Crippen LogP contribution in [0, 0.1) is 11.8 Å². The van der Waals surface area contributed by atoms with Crippen molar-refractivity contribution in [1.82, 2.24) is 4.90 Å². The monoisotopic (exact) mass is 259 g/mol. The van der Waals surface area contributed by atoms with Crippen LogP contribution < -0.4 is 0 Å². The molecule has 3 heteroatoms. The minimum absolute atomic E-state index is 0.348. The maximum Gasteiger partial charge on any atom is 0.223 e. The fourth-order valence-electron chi connectivity index (χ4n) is 1.74. The number of carbonyl (C=O) groups excluding carboxylic acids is 1. The van der Waals surface area contributed by atoms with Gasteiger partial charge in [-0.05, 0) is 37.5 Å². The Bertz CT molecular complexity index is 197. The van der Waals surface area contributed by atoms with E-state index in [1.807, 2.05) is 0 Å². The molecule has 0 bridgehead atoms. The van der Waals surface area contributed by atoms with Gasteiger partial charge in [0.15, 0.2) is 0 Å². The normalized spacial score (nSPS) is 20.9. The zero-order chi connectivity index (χ0) is 9.97. The molecule has 0 aromatic heterocycles. The number of hydrogen-bond donors (Lipinski definition) is 0. The first-order valence-corrected chi connectivity index (χ1v) is 6.75. The van der Waals surface area contributed by atoms with Crippen LogP contribution in [0.5, 0.6) is 0 Å². The molecule has 14 heavy (non-hydrogen) atoms. The van der Waals surface area contributed by atoms with Crippen LogP contribution in [0.15, 0.2) is 0 Å². The summed E-state index contributed by atoms with van der Waals surface area (Å²) in [5.41, 5.74) is 0. The van der Waals surface area contributed by atoms with Crippen LogP contribution in [-0.2, 0) is 4.79 Å². The summed E-state index contributed by atoms with van der Waals surface area (Å²) >= 11 is 3.33. The first-order valence-electron chi connectivity index (χ1n) is 5.63. The van der Waals surface area contributed by atoms with Crippen LogP contribution in [0.1, 0.15) is 32.1 Å². The minimum Gasteiger partial charge on any atom is -0.342 e. The van der Waals surface area contributed by atoms with E-state index >= 15 is 0 Å². The zero-order valence-corrected chi connectivity index (χ0v) is 10.1. The molecule has 0 aliphatic heterocycles. The standard InChI is InChI=1S/C11H18BrNO/c12-6-5-11(14)13(7-9-1-2-9)8-10-3-4-10/h9-10H,1-8H2. The topological polar surface area (TPSA) is 20.3 Å². The van der Waals surface area contributed by atoms with E-state index < -0.39 is 0 Å². The summed E-state index contributed by atoms with van der Waals surface area (Å²) in [6, 6.07) is 0. The van der Waals surface area contributed by atoms with E-state index in [1.165, 1.54) is 25.7 Å². The maximum absolute atomic E-state index is 11.8. The van der Waals surface area contributed by atoms with Gasteiger partial charge in [0.25, 0.3) is 0 Å². The van der Waals surface area contributed by atoms with Crippen molar-refractivity contribution in [1.29, 1.82) is 0 Å². The molecule has 2 rings (SSSR count). The lowest BCUT2D eigenvalue weighted by molar-refractivity contribution is -0.131.